The van der Waals surface area contributed by atoms with E-state index in [0.29, 0.717) is 30.3 Å². The molecule has 2 rings (SSSR count). The second kappa shape index (κ2) is 10.4. The van der Waals surface area contributed by atoms with Gasteiger partial charge in [0, 0.05) is 44.3 Å². The first-order valence-electron chi connectivity index (χ1n) is 9.41. The fourth-order valence-corrected chi connectivity index (χ4v) is 3.35. The first-order valence-corrected chi connectivity index (χ1v) is 9.41. The number of carbonyl (C=O) groups excluding carboxylic acids is 1. The first kappa shape index (κ1) is 20.5. The molecule has 0 spiro atoms. The Balaban J connectivity index is 2.17. The molecule has 6 heteroatoms. The minimum absolute atomic E-state index is 0.0399. The zero-order valence-electron chi connectivity index (χ0n) is 16.4. The number of amides is 1. The van der Waals surface area contributed by atoms with E-state index in [2.05, 4.69) is 19.2 Å². The molecule has 0 radical (unpaired) electrons. The van der Waals surface area contributed by atoms with E-state index in [9.17, 15) is 4.79 Å². The summed E-state index contributed by atoms with van der Waals surface area (Å²) in [6.07, 6.45) is 2.91. The zero-order valence-corrected chi connectivity index (χ0v) is 16.4. The topological polar surface area (TPSA) is 60.0 Å². The van der Waals surface area contributed by atoms with Gasteiger partial charge in [-0.2, -0.15) is 0 Å². The lowest BCUT2D eigenvalue weighted by Crippen LogP contribution is -2.51. The van der Waals surface area contributed by atoms with Crippen LogP contribution in [0.1, 0.15) is 43.5 Å². The van der Waals surface area contributed by atoms with Gasteiger partial charge in [0.25, 0.3) is 5.91 Å². The Kier molecular flexibility index (Phi) is 8.19. The fourth-order valence-electron chi connectivity index (χ4n) is 3.35. The Morgan fingerprint density at radius 2 is 2.08 bits per heavy atom. The van der Waals surface area contributed by atoms with Crippen LogP contribution in [0.25, 0.3) is 0 Å². The van der Waals surface area contributed by atoms with Gasteiger partial charge in [-0.25, -0.2) is 0 Å². The number of hydrogen-bond acceptors (Lipinski definition) is 5. The highest BCUT2D eigenvalue weighted by Gasteiger charge is 2.28. The van der Waals surface area contributed by atoms with Crippen LogP contribution in [0.4, 0.5) is 0 Å². The van der Waals surface area contributed by atoms with Gasteiger partial charge in [-0.3, -0.25) is 4.79 Å². The number of methoxy groups -OCH3 is 2. The SMILES string of the molecule is COCCCOc1cc(C(=O)N(C(C)C)C2CCCNC2)ccc1OC. The Hall–Kier alpha value is -1.79. The second-order valence-electron chi connectivity index (χ2n) is 6.87. The van der Waals surface area contributed by atoms with E-state index in [4.69, 9.17) is 14.2 Å². The number of carbonyl (C=O) groups is 1. The number of ether oxygens (including phenoxy) is 3. The molecular weight excluding hydrogens is 332 g/mol. The van der Waals surface area contributed by atoms with Crippen LogP contribution < -0.4 is 14.8 Å². The van der Waals surface area contributed by atoms with Gasteiger partial charge in [0.15, 0.2) is 11.5 Å². The molecule has 1 aliphatic heterocycles. The number of benzene rings is 1. The van der Waals surface area contributed by atoms with Crippen LogP contribution in [-0.2, 0) is 4.74 Å². The minimum atomic E-state index is 0.0399. The van der Waals surface area contributed by atoms with Crippen LogP contribution >= 0.6 is 0 Å². The third-order valence-electron chi connectivity index (χ3n) is 4.62. The average molecular weight is 364 g/mol. The predicted molar refractivity (Wildman–Crippen MR) is 102 cm³/mol. The Labute approximate surface area is 156 Å². The molecule has 1 atom stereocenters. The molecular formula is C20H32N2O4. The van der Waals surface area contributed by atoms with Crippen LogP contribution in [0.3, 0.4) is 0 Å². The van der Waals surface area contributed by atoms with Crippen LogP contribution in [-0.4, -0.2) is 63.4 Å². The van der Waals surface area contributed by atoms with Crippen molar-refractivity contribution in [3.63, 3.8) is 0 Å². The van der Waals surface area contributed by atoms with Gasteiger partial charge in [-0.15, -0.1) is 0 Å². The van der Waals surface area contributed by atoms with E-state index in [1.807, 2.05) is 11.0 Å². The molecule has 1 amide bonds. The third kappa shape index (κ3) is 5.35. The van der Waals surface area contributed by atoms with Crippen molar-refractivity contribution in [1.82, 2.24) is 10.2 Å². The molecule has 1 heterocycles. The molecule has 6 nitrogen and oxygen atoms in total. The molecule has 146 valence electrons. The summed E-state index contributed by atoms with van der Waals surface area (Å²) < 4.78 is 16.2. The van der Waals surface area contributed by atoms with Gasteiger partial charge >= 0.3 is 0 Å². The summed E-state index contributed by atoms with van der Waals surface area (Å²) >= 11 is 0. The number of piperidine rings is 1. The molecule has 1 unspecified atom stereocenters. The third-order valence-corrected chi connectivity index (χ3v) is 4.62. The van der Waals surface area contributed by atoms with Crippen molar-refractivity contribution >= 4 is 5.91 Å². The monoisotopic (exact) mass is 364 g/mol. The maximum absolute atomic E-state index is 13.2. The summed E-state index contributed by atoms with van der Waals surface area (Å²) in [5.41, 5.74) is 0.631. The lowest BCUT2D eigenvalue weighted by Gasteiger charge is -2.37. The van der Waals surface area contributed by atoms with Crippen LogP contribution in [0, 0.1) is 0 Å². The molecule has 26 heavy (non-hydrogen) atoms. The second-order valence-corrected chi connectivity index (χ2v) is 6.87. The van der Waals surface area contributed by atoms with Gasteiger partial charge in [0.1, 0.15) is 0 Å². The van der Waals surface area contributed by atoms with Crippen LogP contribution in [0.15, 0.2) is 18.2 Å². The van der Waals surface area contributed by atoms with Crippen molar-refractivity contribution in [3.8, 4) is 11.5 Å². The highest BCUT2D eigenvalue weighted by molar-refractivity contribution is 5.95. The fraction of sp³-hybridized carbons (Fsp3) is 0.650. The molecule has 1 aromatic carbocycles. The molecule has 0 bridgehead atoms. The van der Waals surface area contributed by atoms with Gasteiger partial charge in [-0.1, -0.05) is 0 Å². The largest absolute Gasteiger partial charge is 0.493 e. The lowest BCUT2D eigenvalue weighted by molar-refractivity contribution is 0.0573. The summed E-state index contributed by atoms with van der Waals surface area (Å²) in [6, 6.07) is 5.77. The highest BCUT2D eigenvalue weighted by atomic mass is 16.5. The molecule has 1 N–H and O–H groups in total. The Morgan fingerprint density at radius 3 is 2.69 bits per heavy atom. The summed E-state index contributed by atoms with van der Waals surface area (Å²) in [5.74, 6) is 1.27. The van der Waals surface area contributed by atoms with Gasteiger partial charge < -0.3 is 24.4 Å². The van der Waals surface area contributed by atoms with Gasteiger partial charge in [0.05, 0.1) is 13.7 Å². The first-order chi connectivity index (χ1) is 12.6. The summed E-state index contributed by atoms with van der Waals surface area (Å²) in [4.78, 5) is 15.2. The highest BCUT2D eigenvalue weighted by Crippen LogP contribution is 2.29. The van der Waals surface area contributed by atoms with Crippen molar-refractivity contribution in [1.29, 1.82) is 0 Å². The van der Waals surface area contributed by atoms with Crippen molar-refractivity contribution in [2.75, 3.05) is 40.5 Å². The standard InChI is InChI=1S/C20H32N2O4/c1-15(2)22(17-7-5-10-21-14-17)20(23)16-8-9-18(25-4)19(13-16)26-12-6-11-24-3/h8-9,13,15,17,21H,5-7,10-12,14H2,1-4H3. The van der Waals surface area contributed by atoms with E-state index in [-0.39, 0.29) is 18.0 Å². The summed E-state index contributed by atoms with van der Waals surface area (Å²) in [5, 5.41) is 3.40. The van der Waals surface area contributed by atoms with Gasteiger partial charge in [0.2, 0.25) is 0 Å². The van der Waals surface area contributed by atoms with Crippen molar-refractivity contribution in [2.24, 2.45) is 0 Å². The Morgan fingerprint density at radius 1 is 1.27 bits per heavy atom. The van der Waals surface area contributed by atoms with Crippen LogP contribution in [0.2, 0.25) is 0 Å². The molecule has 0 aliphatic carbocycles. The summed E-state index contributed by atoms with van der Waals surface area (Å²) in [6.45, 7) is 7.16. The number of hydrogen-bond donors (Lipinski definition) is 1. The van der Waals surface area contributed by atoms with E-state index < -0.39 is 0 Å². The molecule has 1 saturated heterocycles. The van der Waals surface area contributed by atoms with E-state index >= 15 is 0 Å². The molecule has 0 aromatic heterocycles. The Bertz CT molecular complexity index is 571. The van der Waals surface area contributed by atoms with Crippen molar-refractivity contribution in [2.45, 2.75) is 45.2 Å². The van der Waals surface area contributed by atoms with Gasteiger partial charge in [-0.05, 0) is 51.4 Å². The summed E-state index contributed by atoms with van der Waals surface area (Å²) in [7, 11) is 3.27. The number of nitrogens with one attached hydrogen (secondary N) is 1. The minimum Gasteiger partial charge on any atom is -0.493 e. The van der Waals surface area contributed by atoms with Crippen LogP contribution in [0.5, 0.6) is 11.5 Å². The number of rotatable bonds is 9. The predicted octanol–water partition coefficient (Wildman–Crippen LogP) is 2.71. The molecule has 1 aliphatic rings. The maximum Gasteiger partial charge on any atom is 0.254 e. The van der Waals surface area contributed by atoms with E-state index in [1.165, 1.54) is 0 Å². The average Bonchev–Trinajstić information content (AvgIpc) is 2.65. The van der Waals surface area contributed by atoms with Crippen molar-refractivity contribution < 1.29 is 19.0 Å². The molecule has 1 aromatic rings. The lowest BCUT2D eigenvalue weighted by atomic mass is 10.0. The van der Waals surface area contributed by atoms with Crippen molar-refractivity contribution in [3.05, 3.63) is 23.8 Å². The molecule has 1 fully saturated rings. The molecule has 0 saturated carbocycles. The van der Waals surface area contributed by atoms with E-state index in [0.717, 1.165) is 32.4 Å². The smallest absolute Gasteiger partial charge is 0.254 e. The zero-order chi connectivity index (χ0) is 18.9. The quantitative estimate of drug-likeness (QED) is 0.683. The van der Waals surface area contributed by atoms with E-state index in [1.54, 1.807) is 26.4 Å². The number of nitrogens with zero attached hydrogens (tertiary/aromatic N) is 1. The maximum atomic E-state index is 13.2. The normalized spacial score (nSPS) is 17.2.